The van der Waals surface area contributed by atoms with Crippen molar-refractivity contribution in [2.75, 3.05) is 0 Å². The van der Waals surface area contributed by atoms with Gasteiger partial charge in [-0.05, 0) is 39.2 Å². The molecule has 1 rings (SSSR count). The van der Waals surface area contributed by atoms with Crippen LogP contribution in [0.25, 0.3) is 0 Å². The lowest BCUT2D eigenvalue weighted by Crippen LogP contribution is -2.21. The molecule has 0 unspecified atom stereocenters. The highest BCUT2D eigenvalue weighted by Gasteiger charge is 2.36. The van der Waals surface area contributed by atoms with Crippen LogP contribution in [0.2, 0.25) is 0 Å². The Kier molecular flexibility index (Phi) is 3.35. The van der Waals surface area contributed by atoms with E-state index in [0.717, 1.165) is 24.0 Å². The van der Waals surface area contributed by atoms with Gasteiger partial charge in [0, 0.05) is 5.57 Å². The van der Waals surface area contributed by atoms with E-state index < -0.39 is 0 Å². The van der Waals surface area contributed by atoms with E-state index in [1.807, 2.05) is 20.8 Å². The number of hydrogen-bond acceptors (Lipinski definition) is 2. The minimum absolute atomic E-state index is 0.108. The summed E-state index contributed by atoms with van der Waals surface area (Å²) in [5.74, 6) is -0.108. The Labute approximate surface area is 86.3 Å². The van der Waals surface area contributed by atoms with Crippen molar-refractivity contribution in [2.24, 2.45) is 0 Å². The Morgan fingerprint density at radius 2 is 1.93 bits per heavy atom. The van der Waals surface area contributed by atoms with E-state index in [4.69, 9.17) is 4.74 Å². The van der Waals surface area contributed by atoms with Gasteiger partial charge >= 0.3 is 5.97 Å². The van der Waals surface area contributed by atoms with Crippen LogP contribution >= 0.6 is 0 Å². The van der Waals surface area contributed by atoms with E-state index in [0.29, 0.717) is 0 Å². The normalized spacial score (nSPS) is 20.1. The summed E-state index contributed by atoms with van der Waals surface area (Å²) in [5.41, 5.74) is 1.64. The number of cyclic esters (lactones) is 1. The second-order valence-electron chi connectivity index (χ2n) is 4.46. The van der Waals surface area contributed by atoms with E-state index in [1.165, 1.54) is 12.8 Å². The van der Waals surface area contributed by atoms with Gasteiger partial charge in [0.25, 0.3) is 0 Å². The van der Waals surface area contributed by atoms with Gasteiger partial charge < -0.3 is 4.74 Å². The van der Waals surface area contributed by atoms with Gasteiger partial charge in [-0.25, -0.2) is 4.79 Å². The Morgan fingerprint density at radius 3 is 2.36 bits per heavy atom. The third-order valence-electron chi connectivity index (χ3n) is 2.98. The molecule has 2 heteroatoms. The molecule has 0 aromatic heterocycles. The van der Waals surface area contributed by atoms with Crippen LogP contribution in [0.5, 0.6) is 0 Å². The zero-order valence-electron chi connectivity index (χ0n) is 9.64. The second kappa shape index (κ2) is 4.16. The predicted molar refractivity (Wildman–Crippen MR) is 57.0 cm³/mol. The molecular formula is C12H20O2. The maximum Gasteiger partial charge on any atom is 0.334 e. The molecule has 0 atom stereocenters. The zero-order valence-corrected chi connectivity index (χ0v) is 9.64. The molecule has 14 heavy (non-hydrogen) atoms. The molecule has 0 fully saturated rings. The molecule has 0 saturated carbocycles. The number of rotatable bonds is 4. The monoisotopic (exact) mass is 196 g/mol. The Morgan fingerprint density at radius 1 is 1.29 bits per heavy atom. The fourth-order valence-corrected chi connectivity index (χ4v) is 1.73. The van der Waals surface area contributed by atoms with E-state index in [1.54, 1.807) is 0 Å². The number of hydrogen-bond donors (Lipinski definition) is 0. The van der Waals surface area contributed by atoms with Crippen molar-refractivity contribution in [3.63, 3.8) is 0 Å². The van der Waals surface area contributed by atoms with Crippen LogP contribution in [0.1, 0.15) is 53.4 Å². The van der Waals surface area contributed by atoms with Gasteiger partial charge in [-0.3, -0.25) is 0 Å². The second-order valence-corrected chi connectivity index (χ2v) is 4.46. The molecule has 1 heterocycles. The fourth-order valence-electron chi connectivity index (χ4n) is 1.73. The number of ether oxygens (including phenoxy) is 1. The summed E-state index contributed by atoms with van der Waals surface area (Å²) in [7, 11) is 0. The van der Waals surface area contributed by atoms with Crippen LogP contribution < -0.4 is 0 Å². The quantitative estimate of drug-likeness (QED) is 0.509. The van der Waals surface area contributed by atoms with Gasteiger partial charge in [-0.15, -0.1) is 0 Å². The van der Waals surface area contributed by atoms with E-state index in [2.05, 4.69) is 6.92 Å². The van der Waals surface area contributed by atoms with Crippen molar-refractivity contribution in [1.29, 1.82) is 0 Å². The molecule has 0 aromatic carbocycles. The van der Waals surface area contributed by atoms with Crippen molar-refractivity contribution in [2.45, 2.75) is 59.0 Å². The highest BCUT2D eigenvalue weighted by atomic mass is 16.6. The first-order chi connectivity index (χ1) is 6.49. The molecule has 0 N–H and O–H groups in total. The molecule has 0 amide bonds. The predicted octanol–water partition coefficient (Wildman–Crippen LogP) is 3.22. The lowest BCUT2D eigenvalue weighted by Gasteiger charge is -2.18. The molecule has 0 aromatic rings. The summed E-state index contributed by atoms with van der Waals surface area (Å²) in [6.45, 7) is 8.07. The van der Waals surface area contributed by atoms with Crippen LogP contribution in [-0.2, 0) is 9.53 Å². The largest absolute Gasteiger partial charge is 0.452 e. The summed E-state index contributed by atoms with van der Waals surface area (Å²) in [5, 5.41) is 0. The first-order valence-electron chi connectivity index (χ1n) is 5.42. The van der Waals surface area contributed by atoms with Crippen molar-refractivity contribution in [3.05, 3.63) is 11.1 Å². The third kappa shape index (κ3) is 2.17. The zero-order chi connectivity index (χ0) is 10.8. The van der Waals surface area contributed by atoms with Crippen molar-refractivity contribution in [1.82, 2.24) is 0 Å². The molecule has 0 aliphatic carbocycles. The van der Waals surface area contributed by atoms with Crippen molar-refractivity contribution >= 4 is 5.97 Å². The van der Waals surface area contributed by atoms with Gasteiger partial charge in [0.15, 0.2) is 0 Å². The molecule has 1 aliphatic heterocycles. The number of carbonyl (C=O) groups is 1. The van der Waals surface area contributed by atoms with E-state index >= 15 is 0 Å². The van der Waals surface area contributed by atoms with Crippen LogP contribution in [0.3, 0.4) is 0 Å². The molecule has 0 bridgehead atoms. The van der Waals surface area contributed by atoms with Gasteiger partial charge in [-0.2, -0.15) is 0 Å². The van der Waals surface area contributed by atoms with Gasteiger partial charge in [-0.1, -0.05) is 19.8 Å². The molecule has 2 nitrogen and oxygen atoms in total. The van der Waals surface area contributed by atoms with Gasteiger partial charge in [0.05, 0.1) is 0 Å². The van der Waals surface area contributed by atoms with Crippen molar-refractivity contribution < 1.29 is 9.53 Å². The molecule has 80 valence electrons. The van der Waals surface area contributed by atoms with Gasteiger partial charge in [0.2, 0.25) is 0 Å². The summed E-state index contributed by atoms with van der Waals surface area (Å²) >= 11 is 0. The summed E-state index contributed by atoms with van der Waals surface area (Å²) in [4.78, 5) is 11.5. The molecule has 1 aliphatic rings. The number of esters is 1. The maximum atomic E-state index is 11.5. The first-order valence-corrected chi connectivity index (χ1v) is 5.42. The van der Waals surface area contributed by atoms with Crippen LogP contribution in [-0.4, -0.2) is 11.6 Å². The minimum Gasteiger partial charge on any atom is -0.452 e. The topological polar surface area (TPSA) is 26.3 Å². The SMILES string of the molecule is CCCCCC1=C(C)C(C)(C)OC1=O. The minimum atomic E-state index is -0.376. The smallest absolute Gasteiger partial charge is 0.334 e. The fraction of sp³-hybridized carbons (Fsp3) is 0.750. The van der Waals surface area contributed by atoms with Crippen molar-refractivity contribution in [3.8, 4) is 0 Å². The Hall–Kier alpha value is -0.790. The van der Waals surface area contributed by atoms with Crippen LogP contribution in [0, 0.1) is 0 Å². The van der Waals surface area contributed by atoms with Crippen LogP contribution in [0.15, 0.2) is 11.1 Å². The van der Waals surface area contributed by atoms with Gasteiger partial charge in [0.1, 0.15) is 5.60 Å². The first kappa shape index (κ1) is 11.3. The molecule has 0 spiro atoms. The van der Waals surface area contributed by atoms with E-state index in [9.17, 15) is 4.79 Å². The summed E-state index contributed by atoms with van der Waals surface area (Å²) < 4.78 is 5.29. The lowest BCUT2D eigenvalue weighted by atomic mass is 9.95. The lowest BCUT2D eigenvalue weighted by molar-refractivity contribution is -0.144. The highest BCUT2D eigenvalue weighted by molar-refractivity contribution is 5.92. The third-order valence-corrected chi connectivity index (χ3v) is 2.98. The summed E-state index contributed by atoms with van der Waals surface area (Å²) in [6, 6.07) is 0. The molecule has 0 radical (unpaired) electrons. The van der Waals surface area contributed by atoms with Crippen LogP contribution in [0.4, 0.5) is 0 Å². The Balaban J connectivity index is 2.66. The Bertz CT molecular complexity index is 261. The average Bonchev–Trinajstić information content (AvgIpc) is 2.27. The molecule has 0 saturated heterocycles. The standard InChI is InChI=1S/C12H20O2/c1-5-6-7-8-10-9(2)12(3,4)14-11(10)13/h5-8H2,1-4H3. The van der Waals surface area contributed by atoms with E-state index in [-0.39, 0.29) is 11.6 Å². The highest BCUT2D eigenvalue weighted by Crippen LogP contribution is 2.34. The summed E-state index contributed by atoms with van der Waals surface area (Å²) in [6.07, 6.45) is 4.34. The maximum absolute atomic E-state index is 11.5. The average molecular weight is 196 g/mol. The number of unbranched alkanes of at least 4 members (excludes halogenated alkanes) is 2. The number of carbonyl (C=O) groups excluding carboxylic acids is 1. The molecular weight excluding hydrogens is 176 g/mol.